The van der Waals surface area contributed by atoms with Gasteiger partial charge in [-0.05, 0) is 30.5 Å². The van der Waals surface area contributed by atoms with Gasteiger partial charge in [-0.2, -0.15) is 0 Å². The van der Waals surface area contributed by atoms with Gasteiger partial charge in [-0.1, -0.05) is 39.0 Å². The molecule has 0 aromatic heterocycles. The Balaban J connectivity index is 2.17. The van der Waals surface area contributed by atoms with Crippen LogP contribution < -0.4 is 10.2 Å². The molecule has 94 valence electrons. The number of rotatable bonds is 4. The largest absolute Gasteiger partial charge is 0.370 e. The molecule has 0 spiro atoms. The molecular weight excluding hydrogens is 208 g/mol. The molecular formula is C15H24N2. The molecule has 2 heteroatoms. The molecule has 1 aromatic rings. The Morgan fingerprint density at radius 3 is 2.53 bits per heavy atom. The van der Waals surface area contributed by atoms with E-state index in [0.717, 1.165) is 6.54 Å². The van der Waals surface area contributed by atoms with E-state index in [1.54, 1.807) is 0 Å². The molecule has 1 atom stereocenters. The third-order valence-electron chi connectivity index (χ3n) is 3.49. The van der Waals surface area contributed by atoms with E-state index in [-0.39, 0.29) is 0 Å². The summed E-state index contributed by atoms with van der Waals surface area (Å²) >= 11 is 0. The third kappa shape index (κ3) is 2.63. The molecule has 17 heavy (non-hydrogen) atoms. The topological polar surface area (TPSA) is 15.3 Å². The van der Waals surface area contributed by atoms with E-state index in [9.17, 15) is 0 Å². The number of anilines is 1. The quantitative estimate of drug-likeness (QED) is 0.857. The summed E-state index contributed by atoms with van der Waals surface area (Å²) in [6, 6.07) is 9.20. The second-order valence-electron chi connectivity index (χ2n) is 5.86. The van der Waals surface area contributed by atoms with Crippen molar-refractivity contribution < 1.29 is 0 Å². The van der Waals surface area contributed by atoms with E-state index in [0.29, 0.717) is 11.5 Å². The second kappa shape index (κ2) is 4.69. The van der Waals surface area contributed by atoms with Crippen molar-refractivity contribution in [3.8, 4) is 0 Å². The summed E-state index contributed by atoms with van der Waals surface area (Å²) in [6.45, 7) is 12.4. The van der Waals surface area contributed by atoms with Crippen molar-refractivity contribution in [3.63, 3.8) is 0 Å². The Morgan fingerprint density at radius 2 is 1.94 bits per heavy atom. The van der Waals surface area contributed by atoms with E-state index in [1.807, 2.05) is 0 Å². The minimum absolute atomic E-state index is 0.430. The molecule has 0 amide bonds. The maximum Gasteiger partial charge on any atom is 0.0414 e. The molecule has 1 aliphatic heterocycles. The van der Waals surface area contributed by atoms with Gasteiger partial charge in [0.15, 0.2) is 0 Å². The Labute approximate surface area is 105 Å². The molecule has 1 heterocycles. The molecule has 0 radical (unpaired) electrons. The lowest BCUT2D eigenvalue weighted by Gasteiger charge is -2.48. The van der Waals surface area contributed by atoms with Crippen LogP contribution in [0.5, 0.6) is 0 Å². The summed E-state index contributed by atoms with van der Waals surface area (Å²) in [7, 11) is 0. The minimum Gasteiger partial charge on any atom is -0.370 e. The number of nitrogens with one attached hydrogen (secondary N) is 1. The lowest BCUT2D eigenvalue weighted by atomic mass is 9.83. The van der Waals surface area contributed by atoms with Crippen molar-refractivity contribution in [2.24, 2.45) is 5.41 Å². The summed E-state index contributed by atoms with van der Waals surface area (Å²) < 4.78 is 0. The molecule has 1 aliphatic rings. The zero-order valence-corrected chi connectivity index (χ0v) is 11.5. The molecule has 0 bridgehead atoms. The third-order valence-corrected chi connectivity index (χ3v) is 3.49. The standard InChI is InChI=1S/C15H24N2/c1-5-16-12(2)13-8-6-7-9-14(13)17-10-15(3,4)11-17/h6-9,12,16H,5,10-11H2,1-4H3. The number of hydrogen-bond acceptors (Lipinski definition) is 2. The highest BCUT2D eigenvalue weighted by Gasteiger charge is 2.35. The number of nitrogens with zero attached hydrogens (tertiary/aromatic N) is 1. The normalized spacial score (nSPS) is 19.9. The minimum atomic E-state index is 0.430. The van der Waals surface area contributed by atoms with E-state index in [4.69, 9.17) is 0 Å². The summed E-state index contributed by atoms with van der Waals surface area (Å²) in [4.78, 5) is 2.49. The van der Waals surface area contributed by atoms with Crippen molar-refractivity contribution in [2.45, 2.75) is 33.7 Å². The summed E-state index contributed by atoms with van der Waals surface area (Å²) in [5.41, 5.74) is 3.30. The van der Waals surface area contributed by atoms with Gasteiger partial charge in [0, 0.05) is 24.8 Å². The van der Waals surface area contributed by atoms with Gasteiger partial charge in [-0.25, -0.2) is 0 Å². The highest BCUT2D eigenvalue weighted by Crippen LogP contribution is 2.36. The molecule has 1 aromatic carbocycles. The molecule has 2 nitrogen and oxygen atoms in total. The monoisotopic (exact) mass is 232 g/mol. The van der Waals surface area contributed by atoms with Crippen molar-refractivity contribution in [2.75, 3.05) is 24.5 Å². The van der Waals surface area contributed by atoms with Gasteiger partial charge in [-0.3, -0.25) is 0 Å². The first kappa shape index (κ1) is 12.4. The Hall–Kier alpha value is -1.02. The molecule has 0 saturated carbocycles. The van der Waals surface area contributed by atoms with Crippen LogP contribution in [0.1, 0.15) is 39.3 Å². The summed E-state index contributed by atoms with van der Waals surface area (Å²) in [5.74, 6) is 0. The lowest BCUT2D eigenvalue weighted by Crippen LogP contribution is -2.53. The first-order chi connectivity index (χ1) is 8.03. The van der Waals surface area contributed by atoms with E-state index < -0.39 is 0 Å². The van der Waals surface area contributed by atoms with Gasteiger partial charge in [0.2, 0.25) is 0 Å². The smallest absolute Gasteiger partial charge is 0.0414 e. The molecule has 2 rings (SSSR count). The molecule has 1 unspecified atom stereocenters. The van der Waals surface area contributed by atoms with Crippen LogP contribution in [-0.4, -0.2) is 19.6 Å². The van der Waals surface area contributed by atoms with Crippen LogP contribution in [0.15, 0.2) is 24.3 Å². The number of para-hydroxylation sites is 1. The van der Waals surface area contributed by atoms with Gasteiger partial charge in [0.05, 0.1) is 0 Å². The maximum absolute atomic E-state index is 3.50. The predicted molar refractivity (Wildman–Crippen MR) is 74.5 cm³/mol. The number of benzene rings is 1. The molecule has 1 fully saturated rings. The summed E-state index contributed by atoms with van der Waals surface area (Å²) in [6.07, 6.45) is 0. The lowest BCUT2D eigenvalue weighted by molar-refractivity contribution is 0.275. The average molecular weight is 232 g/mol. The van der Waals surface area contributed by atoms with Gasteiger partial charge in [0.25, 0.3) is 0 Å². The Kier molecular flexibility index (Phi) is 3.43. The fourth-order valence-electron chi connectivity index (χ4n) is 2.72. The van der Waals surface area contributed by atoms with Crippen LogP contribution in [0, 0.1) is 5.41 Å². The van der Waals surface area contributed by atoms with Gasteiger partial charge in [0.1, 0.15) is 0 Å². The van der Waals surface area contributed by atoms with Crippen LogP contribution in [0.4, 0.5) is 5.69 Å². The van der Waals surface area contributed by atoms with E-state index in [2.05, 4.69) is 62.2 Å². The predicted octanol–water partition coefficient (Wildman–Crippen LogP) is 3.20. The van der Waals surface area contributed by atoms with Crippen LogP contribution in [0.2, 0.25) is 0 Å². The second-order valence-corrected chi connectivity index (χ2v) is 5.86. The van der Waals surface area contributed by atoms with Crippen molar-refractivity contribution in [1.82, 2.24) is 5.32 Å². The van der Waals surface area contributed by atoms with Crippen LogP contribution >= 0.6 is 0 Å². The first-order valence-electron chi connectivity index (χ1n) is 6.61. The maximum atomic E-state index is 3.50. The zero-order valence-electron chi connectivity index (χ0n) is 11.5. The van der Waals surface area contributed by atoms with E-state index in [1.165, 1.54) is 24.3 Å². The van der Waals surface area contributed by atoms with Crippen LogP contribution in [0.3, 0.4) is 0 Å². The fraction of sp³-hybridized carbons (Fsp3) is 0.600. The van der Waals surface area contributed by atoms with Gasteiger partial charge >= 0.3 is 0 Å². The zero-order chi connectivity index (χ0) is 12.5. The number of hydrogen-bond donors (Lipinski definition) is 1. The van der Waals surface area contributed by atoms with Gasteiger partial charge < -0.3 is 10.2 Å². The molecule has 0 aliphatic carbocycles. The SMILES string of the molecule is CCNC(C)c1ccccc1N1CC(C)(C)C1. The average Bonchev–Trinajstić information content (AvgIpc) is 2.26. The van der Waals surface area contributed by atoms with E-state index >= 15 is 0 Å². The highest BCUT2D eigenvalue weighted by atomic mass is 15.2. The fourth-order valence-corrected chi connectivity index (χ4v) is 2.72. The molecule has 1 saturated heterocycles. The van der Waals surface area contributed by atoms with Crippen LogP contribution in [-0.2, 0) is 0 Å². The Morgan fingerprint density at radius 1 is 1.29 bits per heavy atom. The van der Waals surface area contributed by atoms with Crippen molar-refractivity contribution >= 4 is 5.69 Å². The van der Waals surface area contributed by atoms with Crippen LogP contribution in [0.25, 0.3) is 0 Å². The molecule has 1 N–H and O–H groups in total. The van der Waals surface area contributed by atoms with Crippen molar-refractivity contribution in [1.29, 1.82) is 0 Å². The first-order valence-corrected chi connectivity index (χ1v) is 6.61. The van der Waals surface area contributed by atoms with Gasteiger partial charge in [-0.15, -0.1) is 0 Å². The highest BCUT2D eigenvalue weighted by molar-refractivity contribution is 5.57. The van der Waals surface area contributed by atoms with Crippen molar-refractivity contribution in [3.05, 3.63) is 29.8 Å². The Bertz CT molecular complexity index is 376. The summed E-state index contributed by atoms with van der Waals surface area (Å²) in [5, 5.41) is 3.50.